The van der Waals surface area contributed by atoms with E-state index in [0.717, 1.165) is 17.0 Å². The van der Waals surface area contributed by atoms with Gasteiger partial charge in [0.2, 0.25) is 0 Å². The standard InChI is InChI=1S/C19H19NO3/c1-19(2)20-15(13-8-4-7-11-18(13)23-19)12-16(21)14-9-5-6-10-17(14)22-3/h4-11H,12H2,1-3H3. The predicted octanol–water partition coefficient (Wildman–Crippen LogP) is 3.89. The van der Waals surface area contributed by atoms with Crippen LogP contribution >= 0.6 is 0 Å². The number of carbonyl (C=O) groups is 1. The minimum Gasteiger partial charge on any atom is -0.496 e. The summed E-state index contributed by atoms with van der Waals surface area (Å²) in [6, 6.07) is 14.9. The van der Waals surface area contributed by atoms with Crippen molar-refractivity contribution in [1.29, 1.82) is 0 Å². The quantitative estimate of drug-likeness (QED) is 0.805. The highest BCUT2D eigenvalue weighted by Crippen LogP contribution is 2.32. The highest BCUT2D eigenvalue weighted by atomic mass is 16.5. The molecule has 0 aromatic heterocycles. The number of hydrogen-bond acceptors (Lipinski definition) is 4. The molecular formula is C19H19NO3. The first kappa shape index (κ1) is 15.3. The fourth-order valence-electron chi connectivity index (χ4n) is 2.73. The van der Waals surface area contributed by atoms with Gasteiger partial charge in [-0.2, -0.15) is 0 Å². The Kier molecular flexibility index (Phi) is 3.90. The summed E-state index contributed by atoms with van der Waals surface area (Å²) in [5.41, 5.74) is 1.51. The number of para-hydroxylation sites is 2. The van der Waals surface area contributed by atoms with Gasteiger partial charge in [-0.05, 0) is 38.1 Å². The van der Waals surface area contributed by atoms with Gasteiger partial charge >= 0.3 is 0 Å². The predicted molar refractivity (Wildman–Crippen MR) is 89.6 cm³/mol. The van der Waals surface area contributed by atoms with Crippen molar-refractivity contribution >= 4 is 11.5 Å². The number of rotatable bonds is 4. The van der Waals surface area contributed by atoms with E-state index in [2.05, 4.69) is 4.99 Å². The number of fused-ring (bicyclic) bond motifs is 1. The summed E-state index contributed by atoms with van der Waals surface area (Å²) >= 11 is 0. The molecule has 0 fully saturated rings. The Morgan fingerprint density at radius 1 is 1.13 bits per heavy atom. The molecule has 0 atom stereocenters. The first-order valence-corrected chi connectivity index (χ1v) is 7.53. The van der Waals surface area contributed by atoms with Crippen molar-refractivity contribution in [2.24, 2.45) is 4.99 Å². The number of hydrogen-bond donors (Lipinski definition) is 0. The van der Waals surface area contributed by atoms with Gasteiger partial charge in [0.05, 0.1) is 24.8 Å². The second-order valence-electron chi connectivity index (χ2n) is 5.90. The molecule has 23 heavy (non-hydrogen) atoms. The molecule has 0 radical (unpaired) electrons. The van der Waals surface area contributed by atoms with Crippen LogP contribution in [0.5, 0.6) is 11.5 Å². The summed E-state index contributed by atoms with van der Waals surface area (Å²) < 4.78 is 11.1. The van der Waals surface area contributed by atoms with E-state index in [4.69, 9.17) is 9.47 Å². The number of methoxy groups -OCH3 is 1. The molecule has 2 aromatic carbocycles. The van der Waals surface area contributed by atoms with Gasteiger partial charge in [0, 0.05) is 5.56 Å². The van der Waals surface area contributed by atoms with Gasteiger partial charge in [-0.1, -0.05) is 24.3 Å². The third kappa shape index (κ3) is 3.11. The topological polar surface area (TPSA) is 47.9 Å². The third-order valence-corrected chi connectivity index (χ3v) is 3.70. The maximum absolute atomic E-state index is 12.7. The number of carbonyl (C=O) groups excluding carboxylic acids is 1. The molecule has 0 bridgehead atoms. The van der Waals surface area contributed by atoms with Crippen molar-refractivity contribution in [1.82, 2.24) is 0 Å². The fourth-order valence-corrected chi connectivity index (χ4v) is 2.73. The molecule has 0 aliphatic carbocycles. The zero-order chi connectivity index (χ0) is 16.4. The van der Waals surface area contributed by atoms with Crippen LogP contribution in [0.25, 0.3) is 0 Å². The van der Waals surface area contributed by atoms with E-state index in [-0.39, 0.29) is 12.2 Å². The number of Topliss-reactive ketones (excluding diaryl/α,β-unsaturated/α-hetero) is 1. The Labute approximate surface area is 135 Å². The molecule has 0 saturated heterocycles. The van der Waals surface area contributed by atoms with Crippen molar-refractivity contribution in [2.75, 3.05) is 7.11 Å². The smallest absolute Gasteiger partial charge is 0.194 e. The molecule has 1 heterocycles. The van der Waals surface area contributed by atoms with E-state index in [1.54, 1.807) is 19.2 Å². The van der Waals surface area contributed by atoms with Crippen molar-refractivity contribution in [3.05, 3.63) is 59.7 Å². The second-order valence-corrected chi connectivity index (χ2v) is 5.90. The van der Waals surface area contributed by atoms with Crippen LogP contribution in [0.1, 0.15) is 36.2 Å². The van der Waals surface area contributed by atoms with Crippen LogP contribution in [0, 0.1) is 0 Å². The van der Waals surface area contributed by atoms with Gasteiger partial charge in [-0.15, -0.1) is 0 Å². The molecule has 0 saturated carbocycles. The van der Waals surface area contributed by atoms with Crippen molar-refractivity contribution in [2.45, 2.75) is 26.0 Å². The highest BCUT2D eigenvalue weighted by molar-refractivity contribution is 6.17. The van der Waals surface area contributed by atoms with Crippen LogP contribution in [-0.2, 0) is 0 Å². The number of ketones is 1. The highest BCUT2D eigenvalue weighted by Gasteiger charge is 2.29. The van der Waals surface area contributed by atoms with Gasteiger partial charge in [0.25, 0.3) is 0 Å². The summed E-state index contributed by atoms with van der Waals surface area (Å²) in [6.07, 6.45) is 0.212. The molecule has 1 aliphatic heterocycles. The van der Waals surface area contributed by atoms with Crippen LogP contribution in [-0.4, -0.2) is 24.3 Å². The summed E-state index contributed by atoms with van der Waals surface area (Å²) in [6.45, 7) is 3.77. The SMILES string of the molecule is COc1ccccc1C(=O)CC1=NC(C)(C)Oc2ccccc21. The first-order chi connectivity index (χ1) is 11.0. The Balaban J connectivity index is 1.95. The zero-order valence-corrected chi connectivity index (χ0v) is 13.5. The number of benzene rings is 2. The Bertz CT molecular complexity index is 778. The Hall–Kier alpha value is -2.62. The van der Waals surface area contributed by atoms with Gasteiger partial charge in [0.15, 0.2) is 11.5 Å². The molecule has 3 rings (SSSR count). The fraction of sp³-hybridized carbons (Fsp3) is 0.263. The summed E-state index contributed by atoms with van der Waals surface area (Å²) in [7, 11) is 1.57. The second kappa shape index (κ2) is 5.88. The van der Waals surface area contributed by atoms with E-state index in [9.17, 15) is 4.79 Å². The van der Waals surface area contributed by atoms with Crippen LogP contribution in [0.2, 0.25) is 0 Å². The molecule has 4 heteroatoms. The molecule has 0 N–H and O–H groups in total. The van der Waals surface area contributed by atoms with Crippen LogP contribution in [0.4, 0.5) is 0 Å². The molecule has 1 aliphatic rings. The molecule has 0 unspecified atom stereocenters. The number of aliphatic imine (C=N–C) groups is 1. The van der Waals surface area contributed by atoms with E-state index in [1.807, 2.05) is 50.2 Å². The monoisotopic (exact) mass is 309 g/mol. The third-order valence-electron chi connectivity index (χ3n) is 3.70. The normalized spacial score (nSPS) is 15.2. The maximum Gasteiger partial charge on any atom is 0.194 e. The Morgan fingerprint density at radius 2 is 1.83 bits per heavy atom. The molecule has 118 valence electrons. The molecule has 4 nitrogen and oxygen atoms in total. The van der Waals surface area contributed by atoms with Crippen LogP contribution in [0.3, 0.4) is 0 Å². The maximum atomic E-state index is 12.7. The molecule has 2 aromatic rings. The zero-order valence-electron chi connectivity index (χ0n) is 13.5. The average Bonchev–Trinajstić information content (AvgIpc) is 2.53. The van der Waals surface area contributed by atoms with Crippen LogP contribution < -0.4 is 9.47 Å². The summed E-state index contributed by atoms with van der Waals surface area (Å²) in [5, 5.41) is 0. The number of ether oxygens (including phenoxy) is 2. The summed E-state index contributed by atoms with van der Waals surface area (Å²) in [5.74, 6) is 1.32. The van der Waals surface area contributed by atoms with Crippen molar-refractivity contribution < 1.29 is 14.3 Å². The minimum absolute atomic E-state index is 0.0197. The molecule has 0 amide bonds. The molecular weight excluding hydrogens is 290 g/mol. The van der Waals surface area contributed by atoms with E-state index in [1.165, 1.54) is 0 Å². The lowest BCUT2D eigenvalue weighted by molar-refractivity contribution is 0.0991. The largest absolute Gasteiger partial charge is 0.496 e. The van der Waals surface area contributed by atoms with Gasteiger partial charge in [-0.25, -0.2) is 4.99 Å². The number of nitrogens with zero attached hydrogens (tertiary/aromatic N) is 1. The summed E-state index contributed by atoms with van der Waals surface area (Å²) in [4.78, 5) is 17.3. The lowest BCUT2D eigenvalue weighted by Gasteiger charge is -2.30. The Morgan fingerprint density at radius 3 is 2.61 bits per heavy atom. The van der Waals surface area contributed by atoms with E-state index in [0.29, 0.717) is 11.3 Å². The minimum atomic E-state index is -0.676. The van der Waals surface area contributed by atoms with E-state index < -0.39 is 5.72 Å². The lowest BCUT2D eigenvalue weighted by atomic mass is 9.98. The average molecular weight is 309 g/mol. The lowest BCUT2D eigenvalue weighted by Crippen LogP contribution is -2.32. The van der Waals surface area contributed by atoms with Gasteiger partial charge in [0.1, 0.15) is 11.5 Å². The van der Waals surface area contributed by atoms with E-state index >= 15 is 0 Å². The van der Waals surface area contributed by atoms with Crippen molar-refractivity contribution in [3.63, 3.8) is 0 Å². The van der Waals surface area contributed by atoms with Crippen molar-refractivity contribution in [3.8, 4) is 11.5 Å². The first-order valence-electron chi connectivity index (χ1n) is 7.53. The van der Waals surface area contributed by atoms with Gasteiger partial charge in [-0.3, -0.25) is 4.79 Å². The van der Waals surface area contributed by atoms with Gasteiger partial charge < -0.3 is 9.47 Å². The molecule has 0 spiro atoms. The van der Waals surface area contributed by atoms with Crippen LogP contribution in [0.15, 0.2) is 53.5 Å².